The zero-order chi connectivity index (χ0) is 20.9. The third-order valence-electron chi connectivity index (χ3n) is 5.31. The molecule has 0 atom stereocenters. The highest BCUT2D eigenvalue weighted by Crippen LogP contribution is 2.22. The first-order valence-electron chi connectivity index (χ1n) is 10.1. The van der Waals surface area contributed by atoms with Crippen molar-refractivity contribution in [2.75, 3.05) is 29.9 Å². The van der Waals surface area contributed by atoms with E-state index in [4.69, 9.17) is 0 Å². The van der Waals surface area contributed by atoms with Gasteiger partial charge in [-0.3, -0.25) is 4.79 Å². The zero-order valence-corrected chi connectivity index (χ0v) is 17.9. The summed E-state index contributed by atoms with van der Waals surface area (Å²) in [5.74, 6) is -0.224. The summed E-state index contributed by atoms with van der Waals surface area (Å²) < 4.78 is 27.2. The SMILES string of the molecule is Cc1ccc(S(=O)(=O)NCCC(=O)Nc2ccc(N3CCCCC3)cc2)cc1C. The molecule has 1 aliphatic heterocycles. The number of hydrogen-bond acceptors (Lipinski definition) is 4. The largest absolute Gasteiger partial charge is 0.372 e. The Labute approximate surface area is 173 Å². The van der Waals surface area contributed by atoms with E-state index in [2.05, 4.69) is 14.9 Å². The minimum absolute atomic E-state index is 0.0486. The fourth-order valence-corrected chi connectivity index (χ4v) is 4.51. The molecule has 0 radical (unpaired) electrons. The van der Waals surface area contributed by atoms with Crippen LogP contribution in [0, 0.1) is 13.8 Å². The van der Waals surface area contributed by atoms with Crippen molar-refractivity contribution in [3.8, 4) is 0 Å². The molecule has 2 N–H and O–H groups in total. The van der Waals surface area contributed by atoms with Gasteiger partial charge in [-0.05, 0) is 80.6 Å². The highest BCUT2D eigenvalue weighted by Gasteiger charge is 2.15. The van der Waals surface area contributed by atoms with E-state index in [9.17, 15) is 13.2 Å². The summed E-state index contributed by atoms with van der Waals surface area (Å²) in [6.07, 6.45) is 3.79. The van der Waals surface area contributed by atoms with Gasteiger partial charge in [0, 0.05) is 37.4 Å². The predicted molar refractivity (Wildman–Crippen MR) is 117 cm³/mol. The molecule has 7 heteroatoms. The Hall–Kier alpha value is -2.38. The van der Waals surface area contributed by atoms with Gasteiger partial charge in [-0.15, -0.1) is 0 Å². The van der Waals surface area contributed by atoms with Crippen LogP contribution in [0.25, 0.3) is 0 Å². The van der Waals surface area contributed by atoms with E-state index in [0.29, 0.717) is 5.69 Å². The molecule has 156 valence electrons. The average molecular weight is 416 g/mol. The number of rotatable bonds is 7. The zero-order valence-electron chi connectivity index (χ0n) is 17.1. The molecule has 0 bridgehead atoms. The second-order valence-corrected chi connectivity index (χ2v) is 9.30. The summed E-state index contributed by atoms with van der Waals surface area (Å²) in [7, 11) is -3.62. The maximum atomic E-state index is 12.4. The maximum Gasteiger partial charge on any atom is 0.240 e. The first-order chi connectivity index (χ1) is 13.8. The summed E-state index contributed by atoms with van der Waals surface area (Å²) in [4.78, 5) is 14.7. The lowest BCUT2D eigenvalue weighted by Gasteiger charge is -2.28. The molecule has 2 aromatic carbocycles. The van der Waals surface area contributed by atoms with Gasteiger partial charge in [-0.25, -0.2) is 13.1 Å². The maximum absolute atomic E-state index is 12.4. The van der Waals surface area contributed by atoms with Crippen molar-refractivity contribution >= 4 is 27.3 Å². The Morgan fingerprint density at radius 1 is 0.966 bits per heavy atom. The van der Waals surface area contributed by atoms with E-state index < -0.39 is 10.0 Å². The first kappa shape index (κ1) is 21.3. The molecule has 29 heavy (non-hydrogen) atoms. The number of amides is 1. The van der Waals surface area contributed by atoms with Crippen molar-refractivity contribution in [2.45, 2.75) is 44.4 Å². The van der Waals surface area contributed by atoms with Gasteiger partial charge in [0.1, 0.15) is 0 Å². The predicted octanol–water partition coefficient (Wildman–Crippen LogP) is 3.60. The molecule has 1 fully saturated rings. The van der Waals surface area contributed by atoms with Crippen LogP contribution in [0.3, 0.4) is 0 Å². The van der Waals surface area contributed by atoms with Gasteiger partial charge in [-0.1, -0.05) is 6.07 Å². The number of sulfonamides is 1. The quantitative estimate of drug-likeness (QED) is 0.724. The van der Waals surface area contributed by atoms with E-state index in [0.717, 1.165) is 24.2 Å². The monoisotopic (exact) mass is 415 g/mol. The van der Waals surface area contributed by atoms with E-state index in [-0.39, 0.29) is 23.8 Å². The summed E-state index contributed by atoms with van der Waals surface area (Å²) in [5.41, 5.74) is 3.84. The number of anilines is 2. The number of nitrogens with zero attached hydrogens (tertiary/aromatic N) is 1. The molecule has 0 spiro atoms. The molecule has 1 heterocycles. The molecule has 3 rings (SSSR count). The van der Waals surface area contributed by atoms with Crippen molar-refractivity contribution in [3.05, 3.63) is 53.6 Å². The molecule has 1 amide bonds. The molecular formula is C22H29N3O3S. The lowest BCUT2D eigenvalue weighted by atomic mass is 10.1. The average Bonchev–Trinajstić information content (AvgIpc) is 2.71. The molecule has 2 aromatic rings. The number of hydrogen-bond donors (Lipinski definition) is 2. The molecule has 1 saturated heterocycles. The van der Waals surface area contributed by atoms with Crippen molar-refractivity contribution < 1.29 is 13.2 Å². The van der Waals surface area contributed by atoms with Gasteiger partial charge in [0.05, 0.1) is 4.90 Å². The van der Waals surface area contributed by atoms with Crippen molar-refractivity contribution in [3.63, 3.8) is 0 Å². The number of aryl methyl sites for hydroxylation is 2. The van der Waals surface area contributed by atoms with Gasteiger partial charge in [0.15, 0.2) is 0 Å². The third-order valence-corrected chi connectivity index (χ3v) is 6.76. The second-order valence-electron chi connectivity index (χ2n) is 7.54. The smallest absolute Gasteiger partial charge is 0.240 e. The molecule has 0 unspecified atom stereocenters. The molecule has 1 aliphatic rings. The summed E-state index contributed by atoms with van der Waals surface area (Å²) in [6.45, 7) is 6.01. The Morgan fingerprint density at radius 3 is 2.31 bits per heavy atom. The summed E-state index contributed by atoms with van der Waals surface area (Å²) >= 11 is 0. The van der Waals surface area contributed by atoms with Crippen molar-refractivity contribution in [1.82, 2.24) is 4.72 Å². The van der Waals surface area contributed by atoms with Gasteiger partial charge >= 0.3 is 0 Å². The third kappa shape index (κ3) is 5.81. The number of benzene rings is 2. The van der Waals surface area contributed by atoms with E-state index in [1.807, 2.05) is 38.1 Å². The van der Waals surface area contributed by atoms with Crippen LogP contribution in [-0.2, 0) is 14.8 Å². The van der Waals surface area contributed by atoms with Gasteiger partial charge in [-0.2, -0.15) is 0 Å². The van der Waals surface area contributed by atoms with Gasteiger partial charge < -0.3 is 10.2 Å². The molecule has 6 nitrogen and oxygen atoms in total. The lowest BCUT2D eigenvalue weighted by Crippen LogP contribution is -2.29. The van der Waals surface area contributed by atoms with Crippen molar-refractivity contribution in [1.29, 1.82) is 0 Å². The molecule has 0 aliphatic carbocycles. The molecule has 0 saturated carbocycles. The first-order valence-corrected chi connectivity index (χ1v) is 11.6. The fourth-order valence-electron chi connectivity index (χ4n) is 3.39. The Kier molecular flexibility index (Phi) is 6.92. The minimum Gasteiger partial charge on any atom is -0.372 e. The summed E-state index contributed by atoms with van der Waals surface area (Å²) in [5, 5.41) is 2.82. The summed E-state index contributed by atoms with van der Waals surface area (Å²) in [6, 6.07) is 12.8. The van der Waals surface area contributed by atoms with Crippen LogP contribution >= 0.6 is 0 Å². The van der Waals surface area contributed by atoms with Crippen LogP contribution in [0.5, 0.6) is 0 Å². The minimum atomic E-state index is -3.62. The van der Waals surface area contributed by atoms with Crippen LogP contribution in [0.1, 0.15) is 36.8 Å². The Bertz CT molecular complexity index is 950. The highest BCUT2D eigenvalue weighted by atomic mass is 32.2. The number of carbonyl (C=O) groups is 1. The van der Waals surface area contributed by atoms with Crippen LogP contribution in [0.2, 0.25) is 0 Å². The van der Waals surface area contributed by atoms with E-state index in [1.165, 1.54) is 24.9 Å². The Morgan fingerprint density at radius 2 is 1.66 bits per heavy atom. The fraction of sp³-hybridized carbons (Fsp3) is 0.409. The van der Waals surface area contributed by atoms with Crippen LogP contribution < -0.4 is 14.9 Å². The Balaban J connectivity index is 1.48. The van der Waals surface area contributed by atoms with Crippen LogP contribution in [0.4, 0.5) is 11.4 Å². The number of nitrogens with one attached hydrogen (secondary N) is 2. The van der Waals surface area contributed by atoms with Crippen molar-refractivity contribution in [2.24, 2.45) is 0 Å². The second kappa shape index (κ2) is 9.41. The normalized spacial score (nSPS) is 14.6. The number of carbonyl (C=O) groups excluding carboxylic acids is 1. The molecular weight excluding hydrogens is 386 g/mol. The highest BCUT2D eigenvalue weighted by molar-refractivity contribution is 7.89. The standard InChI is InChI=1S/C22H29N3O3S/c1-17-6-11-21(16-18(17)2)29(27,28)23-13-12-22(26)24-19-7-9-20(10-8-19)25-14-4-3-5-15-25/h6-11,16,23H,3-5,12-15H2,1-2H3,(H,24,26). The van der Waals surface area contributed by atoms with Gasteiger partial charge in [0.25, 0.3) is 0 Å². The molecule has 0 aromatic heterocycles. The van der Waals surface area contributed by atoms with Crippen LogP contribution in [0.15, 0.2) is 47.4 Å². The van der Waals surface area contributed by atoms with E-state index >= 15 is 0 Å². The number of piperidine rings is 1. The van der Waals surface area contributed by atoms with E-state index in [1.54, 1.807) is 18.2 Å². The topological polar surface area (TPSA) is 78.5 Å². The van der Waals surface area contributed by atoms with Crippen LogP contribution in [-0.4, -0.2) is 34.0 Å². The lowest BCUT2D eigenvalue weighted by molar-refractivity contribution is -0.116. The van der Waals surface area contributed by atoms with Gasteiger partial charge in [0.2, 0.25) is 15.9 Å².